The monoisotopic (exact) mass is 1100 g/mol. The van der Waals surface area contributed by atoms with Crippen LogP contribution in [0.5, 0.6) is 0 Å². The van der Waals surface area contributed by atoms with E-state index in [1.807, 2.05) is 0 Å². The van der Waals surface area contributed by atoms with Crippen LogP contribution < -0.4 is 0 Å². The molecule has 0 radical (unpaired) electrons. The lowest BCUT2D eigenvalue weighted by molar-refractivity contribution is -0.161. The Hall–Kier alpha value is -1.94. The van der Waals surface area contributed by atoms with Crippen molar-refractivity contribution in [1.29, 1.82) is 0 Å². The second-order valence-electron chi connectivity index (χ2n) is 20.5. The summed E-state index contributed by atoms with van der Waals surface area (Å²) in [4.78, 5) is 71.3. The first-order chi connectivity index (χ1) is 35.4. The molecule has 0 aliphatic carbocycles. The second-order valence-corrected chi connectivity index (χ2v) is 23.4. The minimum absolute atomic E-state index is 0.0982. The van der Waals surface area contributed by atoms with Crippen LogP contribution in [-0.2, 0) is 65.4 Å². The number of unbranched alkanes of at least 4 members (excludes halogenated alkanes) is 22. The quantitative estimate of drug-likeness (QED) is 0.0222. The van der Waals surface area contributed by atoms with E-state index in [1.165, 1.54) is 64.2 Å². The molecule has 0 aliphatic rings. The van der Waals surface area contributed by atoms with Gasteiger partial charge in [0.1, 0.15) is 19.3 Å². The van der Waals surface area contributed by atoms with Crippen molar-refractivity contribution in [2.45, 2.75) is 278 Å². The zero-order chi connectivity index (χ0) is 55.1. The lowest BCUT2D eigenvalue weighted by Gasteiger charge is -2.21. The van der Waals surface area contributed by atoms with Crippen molar-refractivity contribution in [1.82, 2.24) is 0 Å². The Labute approximate surface area is 447 Å². The van der Waals surface area contributed by atoms with Gasteiger partial charge in [-0.3, -0.25) is 37.3 Å². The number of hydrogen-bond donors (Lipinski definition) is 3. The fourth-order valence-corrected chi connectivity index (χ4v) is 9.45. The highest BCUT2D eigenvalue weighted by atomic mass is 31.2. The molecule has 19 heteroatoms. The summed E-state index contributed by atoms with van der Waals surface area (Å²) >= 11 is 0. The van der Waals surface area contributed by atoms with Crippen LogP contribution in [0, 0.1) is 11.8 Å². The van der Waals surface area contributed by atoms with Gasteiger partial charge in [-0.15, -0.1) is 0 Å². The number of ether oxygens (including phenoxy) is 4. The molecule has 17 nitrogen and oxygen atoms in total. The van der Waals surface area contributed by atoms with Crippen LogP contribution >= 0.6 is 15.6 Å². The number of rotatable bonds is 54. The molecule has 3 N–H and O–H groups in total. The van der Waals surface area contributed by atoms with Gasteiger partial charge >= 0.3 is 39.5 Å². The van der Waals surface area contributed by atoms with E-state index in [1.54, 1.807) is 0 Å². The summed E-state index contributed by atoms with van der Waals surface area (Å²) in [5.74, 6) is -0.636. The molecule has 0 aromatic rings. The molecule has 0 aromatic carbocycles. The topological polar surface area (TPSA) is 237 Å². The fourth-order valence-electron chi connectivity index (χ4n) is 7.88. The first-order valence-electron chi connectivity index (χ1n) is 29.1. The molecule has 0 aromatic heterocycles. The standard InChI is InChI=1S/C55H106O17P2/c1-7-11-13-23-31-37-52(57)65-43-50(71-54(59)39-33-24-14-12-8-2)45-69-73(61,62)67-41-49(56)42-68-74(63,64)70-46-51(44-66-53(58)38-32-27-22-21-26-30-36-48(6)10-4)72-55(60)40-34-28-20-18-16-15-17-19-25-29-35-47(5)9-3/h47-51,56H,7-46H2,1-6H3,(H,61,62)(H,63,64)/t47?,48?,49-,50+,51+/m0/s1. The molecule has 7 atom stereocenters. The van der Waals surface area contributed by atoms with E-state index < -0.39 is 97.5 Å². The van der Waals surface area contributed by atoms with Gasteiger partial charge in [0, 0.05) is 25.7 Å². The molecule has 0 saturated heterocycles. The third-order valence-electron chi connectivity index (χ3n) is 13.2. The van der Waals surface area contributed by atoms with Gasteiger partial charge in [0.2, 0.25) is 0 Å². The van der Waals surface area contributed by atoms with Crippen LogP contribution in [0.15, 0.2) is 0 Å². The van der Waals surface area contributed by atoms with E-state index in [4.69, 9.17) is 37.0 Å². The second kappa shape index (κ2) is 48.2. The number of carbonyl (C=O) groups is 4. The summed E-state index contributed by atoms with van der Waals surface area (Å²) < 4.78 is 67.2. The van der Waals surface area contributed by atoms with Crippen molar-refractivity contribution in [3.05, 3.63) is 0 Å². The summed E-state index contributed by atoms with van der Waals surface area (Å²) in [6.07, 6.45) is 27.3. The highest BCUT2D eigenvalue weighted by molar-refractivity contribution is 7.47. The molecule has 0 amide bonds. The van der Waals surface area contributed by atoms with E-state index in [-0.39, 0.29) is 25.7 Å². The Bertz CT molecular complexity index is 1480. The van der Waals surface area contributed by atoms with E-state index in [0.717, 1.165) is 115 Å². The molecule has 0 fully saturated rings. The first kappa shape index (κ1) is 72.1. The van der Waals surface area contributed by atoms with E-state index >= 15 is 0 Å². The van der Waals surface area contributed by atoms with Gasteiger partial charge in [-0.25, -0.2) is 9.13 Å². The molecule has 438 valence electrons. The zero-order valence-corrected chi connectivity index (χ0v) is 48.9. The maximum atomic E-state index is 12.9. The van der Waals surface area contributed by atoms with Crippen LogP contribution in [0.2, 0.25) is 0 Å². The molecular weight excluding hydrogens is 995 g/mol. The van der Waals surface area contributed by atoms with Crippen molar-refractivity contribution in [3.63, 3.8) is 0 Å². The molecule has 0 saturated carbocycles. The van der Waals surface area contributed by atoms with Crippen LogP contribution in [0.4, 0.5) is 0 Å². The van der Waals surface area contributed by atoms with Crippen LogP contribution in [0.1, 0.15) is 260 Å². The molecule has 4 unspecified atom stereocenters. The van der Waals surface area contributed by atoms with E-state index in [2.05, 4.69) is 41.5 Å². The van der Waals surface area contributed by atoms with Crippen molar-refractivity contribution in [3.8, 4) is 0 Å². The van der Waals surface area contributed by atoms with Crippen molar-refractivity contribution < 1.29 is 80.2 Å². The lowest BCUT2D eigenvalue weighted by atomic mass is 9.99. The minimum atomic E-state index is -4.93. The number of phosphoric ester groups is 2. The van der Waals surface area contributed by atoms with Crippen LogP contribution in [0.25, 0.3) is 0 Å². The Morgan fingerprint density at radius 1 is 0.378 bits per heavy atom. The smallest absolute Gasteiger partial charge is 0.462 e. The molecular formula is C55H106O17P2. The predicted octanol–water partition coefficient (Wildman–Crippen LogP) is 14.1. The van der Waals surface area contributed by atoms with E-state index in [9.17, 15) is 43.2 Å². The highest BCUT2D eigenvalue weighted by Crippen LogP contribution is 2.45. The molecule has 0 heterocycles. The number of hydrogen-bond acceptors (Lipinski definition) is 15. The zero-order valence-electron chi connectivity index (χ0n) is 47.1. The molecule has 0 aliphatic heterocycles. The van der Waals surface area contributed by atoms with Gasteiger partial charge in [-0.2, -0.15) is 0 Å². The summed E-state index contributed by atoms with van der Waals surface area (Å²) in [5.41, 5.74) is 0. The van der Waals surface area contributed by atoms with Gasteiger partial charge in [0.15, 0.2) is 12.2 Å². The van der Waals surface area contributed by atoms with Gasteiger partial charge < -0.3 is 33.8 Å². The van der Waals surface area contributed by atoms with Crippen molar-refractivity contribution in [2.75, 3.05) is 39.6 Å². The fraction of sp³-hybridized carbons (Fsp3) is 0.927. The number of esters is 4. The third kappa shape index (κ3) is 47.3. The summed E-state index contributed by atoms with van der Waals surface area (Å²) in [6.45, 7) is 9.22. The molecule has 0 bridgehead atoms. The maximum absolute atomic E-state index is 12.9. The number of carbonyl (C=O) groups excluding carboxylic acids is 4. The van der Waals surface area contributed by atoms with Crippen molar-refractivity contribution >= 4 is 39.5 Å². The van der Waals surface area contributed by atoms with Gasteiger partial charge in [-0.05, 0) is 37.5 Å². The average Bonchev–Trinajstić information content (AvgIpc) is 3.37. The average molecular weight is 1100 g/mol. The van der Waals surface area contributed by atoms with Gasteiger partial charge in [0.05, 0.1) is 26.4 Å². The van der Waals surface area contributed by atoms with Crippen LogP contribution in [0.3, 0.4) is 0 Å². The highest BCUT2D eigenvalue weighted by Gasteiger charge is 2.30. The van der Waals surface area contributed by atoms with Gasteiger partial charge in [0.25, 0.3) is 0 Å². The molecule has 0 rings (SSSR count). The summed E-state index contributed by atoms with van der Waals surface area (Å²) in [7, 11) is -9.85. The Balaban J connectivity index is 5.15. The van der Waals surface area contributed by atoms with Crippen LogP contribution in [-0.4, -0.2) is 96.7 Å². The summed E-state index contributed by atoms with van der Waals surface area (Å²) in [6, 6.07) is 0. The third-order valence-corrected chi connectivity index (χ3v) is 15.1. The number of phosphoric acid groups is 2. The normalized spacial score (nSPS) is 15.3. The Kier molecular flexibility index (Phi) is 46.9. The van der Waals surface area contributed by atoms with Crippen molar-refractivity contribution in [2.24, 2.45) is 11.8 Å². The first-order valence-corrected chi connectivity index (χ1v) is 32.1. The largest absolute Gasteiger partial charge is 0.472 e. The SMILES string of the molecule is CCCCCCCC(=O)OC[C@H](COP(=O)(O)OC[C@H](O)COP(=O)(O)OC[C@@H](COC(=O)CCCCCCCCC(C)CC)OC(=O)CCCCCCCCCCCCC(C)CC)OC(=O)CCCCCCC. The Morgan fingerprint density at radius 3 is 0.959 bits per heavy atom. The number of aliphatic hydroxyl groups excluding tert-OH is 1. The molecule has 74 heavy (non-hydrogen) atoms. The Morgan fingerprint density at radius 2 is 0.649 bits per heavy atom. The van der Waals surface area contributed by atoms with Gasteiger partial charge in [-0.1, -0.05) is 208 Å². The van der Waals surface area contributed by atoms with E-state index in [0.29, 0.717) is 25.7 Å². The summed E-state index contributed by atoms with van der Waals surface area (Å²) in [5, 5.41) is 10.4. The molecule has 0 spiro atoms. The lowest BCUT2D eigenvalue weighted by Crippen LogP contribution is -2.30. The minimum Gasteiger partial charge on any atom is -0.462 e. The maximum Gasteiger partial charge on any atom is 0.472 e. The number of aliphatic hydroxyl groups is 1. The predicted molar refractivity (Wildman–Crippen MR) is 289 cm³/mol.